The van der Waals surface area contributed by atoms with Gasteiger partial charge in [-0.2, -0.15) is 0 Å². The largest absolute Gasteiger partial charge is 0.484 e. The van der Waals surface area contributed by atoms with E-state index in [1.54, 1.807) is 18.2 Å². The Labute approximate surface area is 141 Å². The van der Waals surface area contributed by atoms with Crippen molar-refractivity contribution in [1.82, 2.24) is 5.32 Å². The maximum absolute atomic E-state index is 11.7. The van der Waals surface area contributed by atoms with E-state index in [-0.39, 0.29) is 30.5 Å². The highest BCUT2D eigenvalue weighted by Crippen LogP contribution is 2.26. The van der Waals surface area contributed by atoms with Crippen LogP contribution in [0.15, 0.2) is 18.2 Å². The minimum absolute atomic E-state index is 0. The van der Waals surface area contributed by atoms with Crippen molar-refractivity contribution in [3.8, 4) is 5.75 Å². The molecule has 0 bridgehead atoms. The van der Waals surface area contributed by atoms with E-state index in [9.17, 15) is 4.79 Å². The summed E-state index contributed by atoms with van der Waals surface area (Å²) in [6.45, 7) is 4.36. The zero-order valence-corrected chi connectivity index (χ0v) is 14.4. The number of ether oxygens (including phenoxy) is 1. The third-order valence-corrected chi connectivity index (χ3v) is 4.05. The summed E-state index contributed by atoms with van der Waals surface area (Å²) in [6, 6.07) is 4.85. The van der Waals surface area contributed by atoms with Crippen LogP contribution in [0.25, 0.3) is 0 Å². The Morgan fingerprint density at radius 2 is 1.90 bits per heavy atom. The number of carbonyl (C=O) groups is 1. The van der Waals surface area contributed by atoms with Gasteiger partial charge in [0.05, 0.1) is 10.0 Å². The molecular weight excluding hydrogens is 335 g/mol. The molecule has 0 aromatic heterocycles. The SMILES string of the molecule is CCC(N)(CC)CNC(=O)COc1ccc(Cl)c(Cl)c1.Cl. The molecule has 0 aliphatic carbocycles. The molecule has 0 aliphatic rings. The number of halogens is 3. The number of nitrogens with one attached hydrogen (secondary N) is 1. The van der Waals surface area contributed by atoms with Crippen molar-refractivity contribution in [2.75, 3.05) is 13.2 Å². The molecule has 1 aromatic carbocycles. The maximum Gasteiger partial charge on any atom is 0.258 e. The van der Waals surface area contributed by atoms with E-state index in [0.29, 0.717) is 22.3 Å². The Kier molecular flexibility index (Phi) is 9.06. The van der Waals surface area contributed by atoms with E-state index < -0.39 is 0 Å². The number of benzene rings is 1. The molecule has 0 fully saturated rings. The molecule has 7 heteroatoms. The van der Waals surface area contributed by atoms with Gasteiger partial charge in [0.25, 0.3) is 5.91 Å². The minimum Gasteiger partial charge on any atom is -0.484 e. The van der Waals surface area contributed by atoms with Crippen molar-refractivity contribution in [2.45, 2.75) is 32.2 Å². The lowest BCUT2D eigenvalue weighted by Gasteiger charge is -2.26. The van der Waals surface area contributed by atoms with E-state index in [1.807, 2.05) is 13.8 Å². The van der Waals surface area contributed by atoms with Crippen LogP contribution in [0.5, 0.6) is 5.75 Å². The second-order valence-corrected chi connectivity index (χ2v) is 5.53. The van der Waals surface area contributed by atoms with Crippen LogP contribution < -0.4 is 15.8 Å². The van der Waals surface area contributed by atoms with E-state index in [0.717, 1.165) is 12.8 Å². The van der Waals surface area contributed by atoms with Gasteiger partial charge in [0, 0.05) is 18.2 Å². The van der Waals surface area contributed by atoms with Crippen LogP contribution in [0.1, 0.15) is 26.7 Å². The fraction of sp³-hybridized carbons (Fsp3) is 0.500. The summed E-state index contributed by atoms with van der Waals surface area (Å²) >= 11 is 11.7. The molecule has 21 heavy (non-hydrogen) atoms. The molecule has 0 saturated carbocycles. The summed E-state index contributed by atoms with van der Waals surface area (Å²) in [4.78, 5) is 11.7. The van der Waals surface area contributed by atoms with Crippen LogP contribution in [0.3, 0.4) is 0 Å². The summed E-state index contributed by atoms with van der Waals surface area (Å²) in [6.07, 6.45) is 1.61. The van der Waals surface area contributed by atoms with E-state index in [2.05, 4.69) is 5.32 Å². The summed E-state index contributed by atoms with van der Waals surface area (Å²) in [5, 5.41) is 3.61. The van der Waals surface area contributed by atoms with Gasteiger partial charge in [0.15, 0.2) is 6.61 Å². The first-order valence-electron chi connectivity index (χ1n) is 6.53. The Balaban J connectivity index is 0.00000400. The van der Waals surface area contributed by atoms with Crippen molar-refractivity contribution in [1.29, 1.82) is 0 Å². The van der Waals surface area contributed by atoms with Crippen molar-refractivity contribution < 1.29 is 9.53 Å². The van der Waals surface area contributed by atoms with E-state index in [1.165, 1.54) is 0 Å². The molecule has 1 amide bonds. The normalized spacial score (nSPS) is 10.7. The van der Waals surface area contributed by atoms with Crippen molar-refractivity contribution in [2.24, 2.45) is 5.73 Å². The van der Waals surface area contributed by atoms with Crippen LogP contribution in [-0.2, 0) is 4.79 Å². The molecule has 1 aromatic rings. The molecule has 0 saturated heterocycles. The van der Waals surface area contributed by atoms with E-state index >= 15 is 0 Å². The van der Waals surface area contributed by atoms with Gasteiger partial charge in [0.2, 0.25) is 0 Å². The highest BCUT2D eigenvalue weighted by Gasteiger charge is 2.20. The van der Waals surface area contributed by atoms with E-state index in [4.69, 9.17) is 33.7 Å². The Hall–Kier alpha value is -0.680. The fourth-order valence-corrected chi connectivity index (χ4v) is 1.83. The van der Waals surface area contributed by atoms with Gasteiger partial charge < -0.3 is 15.8 Å². The predicted octanol–water partition coefficient (Wildman–Crippen LogP) is 3.43. The molecule has 0 radical (unpaired) electrons. The number of hydrogen-bond donors (Lipinski definition) is 2. The third kappa shape index (κ3) is 6.74. The summed E-state index contributed by atoms with van der Waals surface area (Å²) in [7, 11) is 0. The van der Waals surface area contributed by atoms with Crippen molar-refractivity contribution in [3.63, 3.8) is 0 Å². The molecular formula is C14H21Cl3N2O2. The molecule has 0 heterocycles. The van der Waals surface area contributed by atoms with Crippen LogP contribution >= 0.6 is 35.6 Å². The predicted molar refractivity (Wildman–Crippen MR) is 89.7 cm³/mol. The number of hydrogen-bond acceptors (Lipinski definition) is 3. The van der Waals surface area contributed by atoms with Gasteiger partial charge in [-0.3, -0.25) is 4.79 Å². The lowest BCUT2D eigenvalue weighted by atomic mass is 9.94. The van der Waals surface area contributed by atoms with Gasteiger partial charge in [-0.25, -0.2) is 0 Å². The average Bonchev–Trinajstić information content (AvgIpc) is 2.46. The van der Waals surface area contributed by atoms with Gasteiger partial charge >= 0.3 is 0 Å². The molecule has 1 rings (SSSR count). The van der Waals surface area contributed by atoms with Gasteiger partial charge in [0.1, 0.15) is 5.75 Å². The quantitative estimate of drug-likeness (QED) is 0.787. The number of carbonyl (C=O) groups excluding carboxylic acids is 1. The molecule has 120 valence electrons. The van der Waals surface area contributed by atoms with Crippen LogP contribution in [0.4, 0.5) is 0 Å². The first kappa shape index (κ1) is 20.3. The lowest BCUT2D eigenvalue weighted by Crippen LogP contribution is -2.50. The number of nitrogens with two attached hydrogens (primary N) is 1. The smallest absolute Gasteiger partial charge is 0.258 e. The summed E-state index contributed by atoms with van der Waals surface area (Å²) < 4.78 is 5.34. The first-order valence-corrected chi connectivity index (χ1v) is 7.29. The second-order valence-electron chi connectivity index (χ2n) is 4.71. The monoisotopic (exact) mass is 354 g/mol. The zero-order chi connectivity index (χ0) is 15.2. The van der Waals surface area contributed by atoms with Crippen LogP contribution in [-0.4, -0.2) is 24.6 Å². The molecule has 0 aliphatic heterocycles. The van der Waals surface area contributed by atoms with Crippen molar-refractivity contribution >= 4 is 41.5 Å². The van der Waals surface area contributed by atoms with Crippen molar-refractivity contribution in [3.05, 3.63) is 28.2 Å². The Bertz CT molecular complexity index is 466. The first-order chi connectivity index (χ1) is 9.40. The standard InChI is InChI=1S/C14H20Cl2N2O2.ClH/c1-3-14(17,4-2)9-18-13(19)8-20-10-5-6-11(15)12(16)7-10;/h5-7H,3-4,8-9,17H2,1-2H3,(H,18,19);1H. The third-order valence-electron chi connectivity index (χ3n) is 3.31. The van der Waals surface area contributed by atoms with Gasteiger partial charge in [-0.1, -0.05) is 37.0 Å². The van der Waals surface area contributed by atoms with Gasteiger partial charge in [-0.05, 0) is 25.0 Å². The average molecular weight is 356 g/mol. The summed E-state index contributed by atoms with van der Waals surface area (Å²) in [5.74, 6) is 0.285. The fourth-order valence-electron chi connectivity index (χ4n) is 1.54. The molecule has 0 spiro atoms. The maximum atomic E-state index is 11.7. The number of rotatable bonds is 7. The summed E-state index contributed by atoms with van der Waals surface area (Å²) in [5.41, 5.74) is 5.74. The lowest BCUT2D eigenvalue weighted by molar-refractivity contribution is -0.123. The molecule has 4 nitrogen and oxygen atoms in total. The number of amides is 1. The topological polar surface area (TPSA) is 64.3 Å². The second kappa shape index (κ2) is 9.36. The zero-order valence-electron chi connectivity index (χ0n) is 12.1. The highest BCUT2D eigenvalue weighted by molar-refractivity contribution is 6.42. The molecule has 0 atom stereocenters. The Morgan fingerprint density at radius 1 is 1.29 bits per heavy atom. The minimum atomic E-state index is -0.362. The van der Waals surface area contributed by atoms with Crippen LogP contribution in [0, 0.1) is 0 Å². The van der Waals surface area contributed by atoms with Crippen LogP contribution in [0.2, 0.25) is 10.0 Å². The van der Waals surface area contributed by atoms with Gasteiger partial charge in [-0.15, -0.1) is 12.4 Å². The Morgan fingerprint density at radius 3 is 2.43 bits per heavy atom. The molecule has 3 N–H and O–H groups in total. The molecule has 0 unspecified atom stereocenters. The highest BCUT2D eigenvalue weighted by atomic mass is 35.5.